The molecule has 0 radical (unpaired) electrons. The van der Waals surface area contributed by atoms with E-state index in [9.17, 15) is 14.4 Å². The molecule has 1 aliphatic rings. The molecule has 12 nitrogen and oxygen atoms in total. The first-order valence-electron chi connectivity index (χ1n) is 10.1. The average Bonchev–Trinajstić information content (AvgIpc) is 3.09. The van der Waals surface area contributed by atoms with Crippen molar-refractivity contribution in [1.29, 1.82) is 0 Å². The molecule has 0 aromatic heterocycles. The number of likely N-dealkylation sites (tertiary alicyclic amines) is 1. The van der Waals surface area contributed by atoms with Crippen LogP contribution in [0.5, 0.6) is 0 Å². The van der Waals surface area contributed by atoms with Gasteiger partial charge in [-0.3, -0.25) is 25.2 Å². The van der Waals surface area contributed by atoms with Crippen molar-refractivity contribution in [2.75, 3.05) is 27.2 Å². The Hall–Kier alpha value is -1.57. The molecular weight excluding hydrogens is 515 g/mol. The van der Waals surface area contributed by atoms with Crippen LogP contribution in [0.2, 0.25) is 0 Å². The summed E-state index contributed by atoms with van der Waals surface area (Å²) in [4.78, 5) is 43.6. The molecule has 202 valence electrons. The molecule has 8 N–H and O–H groups in total. The van der Waals surface area contributed by atoms with E-state index in [0.29, 0.717) is 19.4 Å². The van der Waals surface area contributed by atoms with Crippen molar-refractivity contribution in [2.45, 2.75) is 69.4 Å². The van der Waals surface area contributed by atoms with Crippen LogP contribution in [0.25, 0.3) is 0 Å². The molecular formula is C19H39Cl3N6O6. The highest BCUT2D eigenvalue weighted by Gasteiger charge is 2.57. The van der Waals surface area contributed by atoms with Crippen LogP contribution >= 0.6 is 37.2 Å². The fraction of sp³-hybridized carbons (Fsp3) is 0.789. The SMILES string of the molecule is COC(=O)C(N)(OC(=O)C1CCCN1C)C(C)(C)OC(=O)C(C)(N)CCCN=C(N)N.Cl.Cl.Cl. The number of carbonyl (C=O) groups excluding carboxylic acids is 3. The monoisotopic (exact) mass is 552 g/mol. The van der Waals surface area contributed by atoms with Gasteiger partial charge in [0.2, 0.25) is 0 Å². The van der Waals surface area contributed by atoms with Gasteiger partial charge >= 0.3 is 17.9 Å². The number of nitrogens with two attached hydrogens (primary N) is 4. The van der Waals surface area contributed by atoms with Gasteiger partial charge in [0.25, 0.3) is 5.72 Å². The molecule has 0 aliphatic carbocycles. The van der Waals surface area contributed by atoms with Gasteiger partial charge in [-0.25, -0.2) is 4.79 Å². The average molecular weight is 554 g/mol. The largest absolute Gasteiger partial charge is 0.465 e. The number of ether oxygens (including phenoxy) is 3. The smallest absolute Gasteiger partial charge is 0.370 e. The Bertz CT molecular complexity index is 721. The molecule has 3 atom stereocenters. The van der Waals surface area contributed by atoms with Gasteiger partial charge in [-0.05, 0) is 60.0 Å². The zero-order valence-electron chi connectivity index (χ0n) is 20.2. The Morgan fingerprint density at radius 2 is 1.59 bits per heavy atom. The van der Waals surface area contributed by atoms with E-state index in [1.54, 1.807) is 11.9 Å². The van der Waals surface area contributed by atoms with E-state index in [0.717, 1.165) is 13.5 Å². The summed E-state index contributed by atoms with van der Waals surface area (Å²) in [6.45, 7) is 5.16. The van der Waals surface area contributed by atoms with Crippen molar-refractivity contribution in [3.8, 4) is 0 Å². The van der Waals surface area contributed by atoms with Gasteiger partial charge < -0.3 is 31.4 Å². The highest BCUT2D eigenvalue weighted by molar-refractivity contribution is 5.87. The normalized spacial score (nSPS) is 19.0. The van der Waals surface area contributed by atoms with E-state index in [4.69, 9.17) is 37.1 Å². The second-order valence-corrected chi connectivity index (χ2v) is 8.51. The van der Waals surface area contributed by atoms with E-state index in [-0.39, 0.29) is 56.1 Å². The number of guanidine groups is 1. The quantitative estimate of drug-likeness (QED) is 0.0698. The number of nitrogens with zero attached hydrogens (tertiary/aromatic N) is 2. The lowest BCUT2D eigenvalue weighted by molar-refractivity contribution is -0.221. The molecule has 0 amide bonds. The number of aliphatic imine (C=N–C) groups is 1. The Morgan fingerprint density at radius 1 is 1.03 bits per heavy atom. The molecule has 1 heterocycles. The van der Waals surface area contributed by atoms with Crippen molar-refractivity contribution in [2.24, 2.45) is 27.9 Å². The van der Waals surface area contributed by atoms with Gasteiger partial charge in [0.15, 0.2) is 11.6 Å². The number of hydrogen-bond donors (Lipinski definition) is 4. The number of methoxy groups -OCH3 is 1. The van der Waals surface area contributed by atoms with Crippen LogP contribution in [0.4, 0.5) is 0 Å². The summed E-state index contributed by atoms with van der Waals surface area (Å²) in [7, 11) is 2.86. The predicted octanol–water partition coefficient (Wildman–Crippen LogP) is -0.190. The van der Waals surface area contributed by atoms with Crippen LogP contribution in [0, 0.1) is 0 Å². The van der Waals surface area contributed by atoms with Crippen molar-refractivity contribution in [3.63, 3.8) is 0 Å². The van der Waals surface area contributed by atoms with E-state index in [1.807, 2.05) is 0 Å². The molecule has 1 fully saturated rings. The van der Waals surface area contributed by atoms with Gasteiger partial charge in [0, 0.05) is 6.54 Å². The van der Waals surface area contributed by atoms with Crippen molar-refractivity contribution < 1.29 is 28.6 Å². The molecule has 34 heavy (non-hydrogen) atoms. The lowest BCUT2D eigenvalue weighted by atomic mass is 9.92. The van der Waals surface area contributed by atoms with E-state index in [2.05, 4.69) is 4.99 Å². The van der Waals surface area contributed by atoms with Crippen molar-refractivity contribution in [1.82, 2.24) is 4.90 Å². The Labute approximate surface area is 219 Å². The zero-order chi connectivity index (χ0) is 24.0. The van der Waals surface area contributed by atoms with Crippen LogP contribution < -0.4 is 22.9 Å². The zero-order valence-corrected chi connectivity index (χ0v) is 22.6. The van der Waals surface area contributed by atoms with E-state index in [1.165, 1.54) is 20.8 Å². The van der Waals surface area contributed by atoms with Crippen LogP contribution in [-0.2, 0) is 28.6 Å². The summed E-state index contributed by atoms with van der Waals surface area (Å²) in [5.74, 6) is -2.67. The highest BCUT2D eigenvalue weighted by atomic mass is 35.5. The first-order valence-corrected chi connectivity index (χ1v) is 10.1. The summed E-state index contributed by atoms with van der Waals surface area (Å²) in [6, 6.07) is -0.561. The third-order valence-electron chi connectivity index (χ3n) is 5.40. The van der Waals surface area contributed by atoms with Crippen LogP contribution in [0.1, 0.15) is 46.5 Å². The van der Waals surface area contributed by atoms with E-state index < -0.39 is 40.8 Å². The standard InChI is InChI=1S/C19H36N6O6.3ClH/c1-17(2,31-14(27)18(3,22)9-7-10-24-16(20)21)19(23,15(28)29-5)30-13(26)12-8-6-11-25(12)4;;;/h12H,6-11,22-23H2,1-5H3,(H4,20,21,24);3*1H. The fourth-order valence-electron chi connectivity index (χ4n) is 3.18. The summed E-state index contributed by atoms with van der Waals surface area (Å²) in [5, 5.41) is 0. The molecule has 15 heteroatoms. The number of likely N-dealkylation sites (N-methyl/N-ethyl adjacent to an activating group) is 1. The molecule has 0 aromatic carbocycles. The summed E-state index contributed by atoms with van der Waals surface area (Å²) in [5.41, 5.74) is 17.2. The molecule has 1 saturated heterocycles. The third-order valence-corrected chi connectivity index (χ3v) is 5.40. The maximum Gasteiger partial charge on any atom is 0.370 e. The molecule has 3 unspecified atom stereocenters. The maximum atomic E-state index is 12.8. The number of rotatable bonds is 10. The summed E-state index contributed by atoms with van der Waals surface area (Å²) in [6.07, 6.45) is 1.97. The topological polar surface area (TPSA) is 199 Å². The molecule has 0 bridgehead atoms. The minimum absolute atomic E-state index is 0. The third kappa shape index (κ3) is 9.23. The van der Waals surface area contributed by atoms with Gasteiger partial charge in [0.05, 0.1) is 7.11 Å². The predicted molar refractivity (Wildman–Crippen MR) is 135 cm³/mol. The molecule has 1 aliphatic heterocycles. The molecule has 0 spiro atoms. The Morgan fingerprint density at radius 3 is 2.03 bits per heavy atom. The molecule has 1 rings (SSSR count). The van der Waals surface area contributed by atoms with Crippen LogP contribution in [0.3, 0.4) is 0 Å². The minimum Gasteiger partial charge on any atom is -0.465 e. The van der Waals surface area contributed by atoms with Crippen LogP contribution in [0.15, 0.2) is 4.99 Å². The lowest BCUT2D eigenvalue weighted by Crippen LogP contribution is -2.69. The summed E-state index contributed by atoms with van der Waals surface area (Å²) >= 11 is 0. The van der Waals surface area contributed by atoms with Crippen molar-refractivity contribution >= 4 is 61.1 Å². The Kier molecular flexibility index (Phi) is 16.0. The summed E-state index contributed by atoms with van der Waals surface area (Å²) < 4.78 is 15.6. The van der Waals surface area contributed by atoms with Crippen LogP contribution in [-0.4, -0.2) is 78.9 Å². The van der Waals surface area contributed by atoms with Crippen molar-refractivity contribution in [3.05, 3.63) is 0 Å². The fourth-order valence-corrected chi connectivity index (χ4v) is 3.18. The second kappa shape index (κ2) is 14.7. The molecule has 0 aromatic rings. The number of halogens is 3. The van der Waals surface area contributed by atoms with Gasteiger partial charge in [-0.2, -0.15) is 0 Å². The number of carbonyl (C=O) groups is 3. The van der Waals surface area contributed by atoms with E-state index >= 15 is 0 Å². The Balaban J connectivity index is -0.00000320. The second-order valence-electron chi connectivity index (χ2n) is 8.51. The minimum atomic E-state index is -2.38. The molecule has 0 saturated carbocycles. The van der Waals surface area contributed by atoms with Gasteiger partial charge in [-0.15, -0.1) is 37.2 Å². The number of hydrogen-bond acceptors (Lipinski definition) is 10. The lowest BCUT2D eigenvalue weighted by Gasteiger charge is -2.41. The van der Waals surface area contributed by atoms with Gasteiger partial charge in [0.1, 0.15) is 11.6 Å². The number of esters is 3. The highest BCUT2D eigenvalue weighted by Crippen LogP contribution is 2.30. The first-order chi connectivity index (χ1) is 14.2. The maximum absolute atomic E-state index is 12.8. The first kappa shape index (κ1) is 37.0. The van der Waals surface area contributed by atoms with Gasteiger partial charge in [-0.1, -0.05) is 0 Å².